The summed E-state index contributed by atoms with van der Waals surface area (Å²) >= 11 is 0. The van der Waals surface area contributed by atoms with E-state index in [-0.39, 0.29) is 62.0 Å². The van der Waals surface area contributed by atoms with Crippen molar-refractivity contribution in [1.82, 2.24) is 15.1 Å². The standard InChI is InChI=1S/C39H52F4N4O5/c1-44-36(48)26-15-17-45(18-16-26)35-19-28(39(41,42)43)7-14-32(35)33-21-46(20-27(33)23-50-2)37(49)38(40)24-47(29-8-12-31(52-4)13-9-29)22-34(38)25-5-10-30(51-3)11-6-25/h5-7,10-11,14,19,26-27,29,31,33-34H,8-9,12-13,15-18,20-24H2,1-4H3,(H,44,48)/t27-,29-,31-,33+,34+,38+/m1/s1. The molecule has 2 aromatic carbocycles. The van der Waals surface area contributed by atoms with E-state index < -0.39 is 29.2 Å². The molecule has 4 aliphatic rings. The van der Waals surface area contributed by atoms with Crippen LogP contribution in [0.15, 0.2) is 42.5 Å². The Bertz CT molecular complexity index is 1540. The molecule has 1 saturated carbocycles. The zero-order valence-corrected chi connectivity index (χ0v) is 30.6. The fourth-order valence-corrected chi connectivity index (χ4v) is 9.13. The Kier molecular flexibility index (Phi) is 11.7. The minimum atomic E-state index is -4.55. The third-order valence-electron chi connectivity index (χ3n) is 12.1. The molecule has 1 N–H and O–H groups in total. The Labute approximate surface area is 303 Å². The first kappa shape index (κ1) is 38.3. The Balaban J connectivity index is 1.30. The lowest BCUT2D eigenvalue weighted by Crippen LogP contribution is -2.50. The fraction of sp³-hybridized carbons (Fsp3) is 0.641. The van der Waals surface area contributed by atoms with E-state index in [9.17, 15) is 22.8 Å². The first-order chi connectivity index (χ1) is 24.9. The molecule has 52 heavy (non-hydrogen) atoms. The highest BCUT2D eigenvalue weighted by molar-refractivity contribution is 5.88. The van der Waals surface area contributed by atoms with E-state index in [0.717, 1.165) is 37.3 Å². The van der Waals surface area contributed by atoms with E-state index in [0.29, 0.717) is 49.5 Å². The molecular formula is C39H52F4N4O5. The van der Waals surface area contributed by atoms with Crippen LogP contribution in [0.2, 0.25) is 0 Å². The molecule has 286 valence electrons. The third kappa shape index (κ3) is 7.77. The summed E-state index contributed by atoms with van der Waals surface area (Å²) in [6, 6.07) is 11.2. The Morgan fingerprint density at radius 2 is 1.62 bits per heavy atom. The molecular weight excluding hydrogens is 680 g/mol. The molecule has 2 aromatic rings. The number of halogens is 4. The summed E-state index contributed by atoms with van der Waals surface area (Å²) in [5.41, 5.74) is -1.14. The highest BCUT2D eigenvalue weighted by atomic mass is 19.4. The molecule has 3 saturated heterocycles. The number of methoxy groups -OCH3 is 3. The maximum absolute atomic E-state index is 17.9. The number of hydrogen-bond donors (Lipinski definition) is 1. The second kappa shape index (κ2) is 15.9. The molecule has 2 amide bonds. The van der Waals surface area contributed by atoms with Crippen LogP contribution in [0.5, 0.6) is 5.75 Å². The fourth-order valence-electron chi connectivity index (χ4n) is 9.13. The molecule has 4 fully saturated rings. The van der Waals surface area contributed by atoms with Crippen molar-refractivity contribution in [2.45, 2.75) is 74.4 Å². The zero-order valence-electron chi connectivity index (χ0n) is 30.6. The smallest absolute Gasteiger partial charge is 0.416 e. The van der Waals surface area contributed by atoms with Crippen molar-refractivity contribution < 1.29 is 41.4 Å². The minimum absolute atomic E-state index is 0.0350. The van der Waals surface area contributed by atoms with Crippen molar-refractivity contribution in [1.29, 1.82) is 0 Å². The summed E-state index contributed by atoms with van der Waals surface area (Å²) in [4.78, 5) is 32.6. The first-order valence-corrected chi connectivity index (χ1v) is 18.5. The number of nitrogens with zero attached hydrogens (tertiary/aromatic N) is 3. The predicted octanol–water partition coefficient (Wildman–Crippen LogP) is 5.63. The van der Waals surface area contributed by atoms with Crippen molar-refractivity contribution in [2.75, 3.05) is 79.2 Å². The number of benzene rings is 2. The van der Waals surface area contributed by atoms with E-state index in [1.807, 2.05) is 17.0 Å². The van der Waals surface area contributed by atoms with Gasteiger partial charge >= 0.3 is 6.18 Å². The molecule has 0 spiro atoms. The molecule has 9 nitrogen and oxygen atoms in total. The summed E-state index contributed by atoms with van der Waals surface area (Å²) < 4.78 is 76.6. The first-order valence-electron chi connectivity index (χ1n) is 18.5. The number of hydrogen-bond acceptors (Lipinski definition) is 7. The number of rotatable bonds is 10. The Morgan fingerprint density at radius 1 is 0.923 bits per heavy atom. The van der Waals surface area contributed by atoms with E-state index in [1.54, 1.807) is 45.4 Å². The Hall–Kier alpha value is -3.42. The van der Waals surface area contributed by atoms with Gasteiger partial charge in [0.05, 0.1) is 25.4 Å². The van der Waals surface area contributed by atoms with Gasteiger partial charge in [0, 0.05) is 95.9 Å². The lowest BCUT2D eigenvalue weighted by molar-refractivity contribution is -0.143. The number of anilines is 1. The Morgan fingerprint density at radius 3 is 2.21 bits per heavy atom. The molecule has 0 unspecified atom stereocenters. The van der Waals surface area contributed by atoms with E-state index >= 15 is 4.39 Å². The summed E-state index contributed by atoms with van der Waals surface area (Å²) in [5.74, 6) is -1.60. The average molecular weight is 733 g/mol. The lowest BCUT2D eigenvalue weighted by atomic mass is 9.85. The molecule has 0 bridgehead atoms. The molecule has 1 aliphatic carbocycles. The van der Waals surface area contributed by atoms with Gasteiger partial charge in [-0.3, -0.25) is 14.5 Å². The minimum Gasteiger partial charge on any atom is -0.497 e. The molecule has 3 heterocycles. The van der Waals surface area contributed by atoms with Gasteiger partial charge in [-0.05, 0) is 73.9 Å². The molecule has 6 rings (SSSR count). The van der Waals surface area contributed by atoms with Crippen molar-refractivity contribution in [3.63, 3.8) is 0 Å². The van der Waals surface area contributed by atoms with Crippen LogP contribution in [-0.4, -0.2) is 114 Å². The quantitative estimate of drug-likeness (QED) is 0.318. The maximum Gasteiger partial charge on any atom is 0.416 e. The number of nitrogens with one attached hydrogen (secondary N) is 1. The number of piperidine rings is 1. The maximum atomic E-state index is 17.9. The predicted molar refractivity (Wildman–Crippen MR) is 189 cm³/mol. The van der Waals surface area contributed by atoms with Crippen molar-refractivity contribution in [3.8, 4) is 5.75 Å². The van der Waals surface area contributed by atoms with Gasteiger partial charge in [0.2, 0.25) is 11.6 Å². The van der Waals surface area contributed by atoms with E-state index in [1.165, 1.54) is 12.1 Å². The number of carbonyl (C=O) groups is 2. The zero-order chi connectivity index (χ0) is 37.2. The van der Waals surface area contributed by atoms with Gasteiger partial charge in [-0.1, -0.05) is 18.2 Å². The van der Waals surface area contributed by atoms with Crippen molar-refractivity contribution >= 4 is 17.5 Å². The molecule has 13 heteroatoms. The third-order valence-corrected chi connectivity index (χ3v) is 12.1. The number of ether oxygens (including phenoxy) is 3. The molecule has 0 radical (unpaired) electrons. The van der Waals surface area contributed by atoms with Gasteiger partial charge in [0.25, 0.3) is 5.91 Å². The van der Waals surface area contributed by atoms with Crippen LogP contribution in [0.3, 0.4) is 0 Å². The van der Waals surface area contributed by atoms with Crippen LogP contribution in [0, 0.1) is 11.8 Å². The largest absolute Gasteiger partial charge is 0.497 e. The van der Waals surface area contributed by atoms with Crippen LogP contribution in [0.25, 0.3) is 0 Å². The van der Waals surface area contributed by atoms with Crippen LogP contribution >= 0.6 is 0 Å². The van der Waals surface area contributed by atoms with Gasteiger partial charge in [0.15, 0.2) is 0 Å². The normalized spacial score (nSPS) is 29.0. The van der Waals surface area contributed by atoms with Gasteiger partial charge < -0.3 is 29.3 Å². The van der Waals surface area contributed by atoms with Crippen LogP contribution in [0.4, 0.5) is 23.2 Å². The van der Waals surface area contributed by atoms with Crippen LogP contribution in [-0.2, 0) is 25.2 Å². The van der Waals surface area contributed by atoms with Crippen LogP contribution < -0.4 is 15.0 Å². The average Bonchev–Trinajstić information content (AvgIpc) is 3.75. The highest BCUT2D eigenvalue weighted by Crippen LogP contribution is 2.47. The van der Waals surface area contributed by atoms with Crippen molar-refractivity contribution in [2.24, 2.45) is 11.8 Å². The summed E-state index contributed by atoms with van der Waals surface area (Å²) in [6.07, 6.45) is 0.121. The van der Waals surface area contributed by atoms with Gasteiger partial charge in [-0.25, -0.2) is 4.39 Å². The van der Waals surface area contributed by atoms with Crippen molar-refractivity contribution in [3.05, 3.63) is 59.2 Å². The lowest BCUT2D eigenvalue weighted by Gasteiger charge is -2.36. The van der Waals surface area contributed by atoms with Crippen LogP contribution in [0.1, 0.15) is 67.1 Å². The number of likely N-dealkylation sites (tertiary alicyclic amines) is 2. The summed E-state index contributed by atoms with van der Waals surface area (Å²) in [5, 5.41) is 2.68. The van der Waals surface area contributed by atoms with Gasteiger partial charge in [0.1, 0.15) is 5.75 Å². The number of carbonyl (C=O) groups excluding carboxylic acids is 2. The second-order valence-corrected chi connectivity index (χ2v) is 15.0. The molecule has 4 atom stereocenters. The highest BCUT2D eigenvalue weighted by Gasteiger charge is 2.57. The SMILES string of the molecule is CNC(=O)C1CCN(c2cc(C(F)(F)F)ccc2[C@H]2CN(C(=O)[C@]3(F)CN([C@H]4CC[C@H](OC)CC4)C[C@H]3c3ccc(OC)cc3)C[C@@H]2COC)CC1. The summed E-state index contributed by atoms with van der Waals surface area (Å²) in [6.45, 7) is 1.81. The van der Waals surface area contributed by atoms with E-state index in [2.05, 4.69) is 10.2 Å². The number of amides is 2. The molecule has 0 aromatic heterocycles. The molecule has 3 aliphatic heterocycles. The topological polar surface area (TPSA) is 83.6 Å². The van der Waals surface area contributed by atoms with Gasteiger partial charge in [-0.15, -0.1) is 0 Å². The van der Waals surface area contributed by atoms with E-state index in [4.69, 9.17) is 14.2 Å². The second-order valence-electron chi connectivity index (χ2n) is 15.0. The summed E-state index contributed by atoms with van der Waals surface area (Å²) in [7, 11) is 6.43. The monoisotopic (exact) mass is 732 g/mol. The number of alkyl halides is 4. The van der Waals surface area contributed by atoms with Gasteiger partial charge in [-0.2, -0.15) is 13.2 Å².